The van der Waals surface area contributed by atoms with Crippen LogP contribution in [0, 0.1) is 0 Å². The van der Waals surface area contributed by atoms with Crippen molar-refractivity contribution in [3.05, 3.63) is 103 Å². The van der Waals surface area contributed by atoms with Gasteiger partial charge in [0.1, 0.15) is 0 Å². The number of hydrogen-bond donors (Lipinski definition) is 1. The van der Waals surface area contributed by atoms with Crippen LogP contribution in [0.3, 0.4) is 0 Å². The first-order chi connectivity index (χ1) is 13.3. The molecule has 0 atom stereocenters. The summed E-state index contributed by atoms with van der Waals surface area (Å²) in [5, 5.41) is 2.85. The number of nitrogens with zero attached hydrogens (tertiary/aromatic N) is 2. The highest BCUT2D eigenvalue weighted by Gasteiger charge is 2.14. The number of nitrogens with one attached hydrogen (secondary N) is 1. The molecule has 0 saturated carbocycles. The van der Waals surface area contributed by atoms with Gasteiger partial charge in [0.25, 0.3) is 5.91 Å². The first-order valence-electron chi connectivity index (χ1n) is 8.66. The molecule has 1 aromatic heterocycles. The summed E-state index contributed by atoms with van der Waals surface area (Å²) in [6.45, 7) is 0. The van der Waals surface area contributed by atoms with Gasteiger partial charge in [-0.2, -0.15) is 0 Å². The summed E-state index contributed by atoms with van der Waals surface area (Å²) in [4.78, 5) is 21.7. The second kappa shape index (κ2) is 7.62. The fourth-order valence-corrected chi connectivity index (χ4v) is 2.77. The predicted molar refractivity (Wildman–Crippen MR) is 107 cm³/mol. The summed E-state index contributed by atoms with van der Waals surface area (Å²) in [5.41, 5.74) is 4.00. The van der Waals surface area contributed by atoms with Crippen LogP contribution in [0.2, 0.25) is 0 Å². The zero-order valence-corrected chi connectivity index (χ0v) is 14.5. The standard InChI is InChI=1S/C23H17N3O/c27-23(24-19-14-8-3-9-15-19)22-25-20(17-10-4-1-5-11-17)16-21(26-22)18-12-6-2-7-13-18/h1-16H,(H,24,27). The van der Waals surface area contributed by atoms with Gasteiger partial charge in [0, 0.05) is 16.8 Å². The summed E-state index contributed by atoms with van der Waals surface area (Å²) < 4.78 is 0. The molecule has 0 aliphatic carbocycles. The normalized spacial score (nSPS) is 10.4. The van der Waals surface area contributed by atoms with Crippen LogP contribution in [-0.4, -0.2) is 15.9 Å². The molecule has 130 valence electrons. The van der Waals surface area contributed by atoms with Crippen LogP contribution in [-0.2, 0) is 0 Å². The van der Waals surface area contributed by atoms with Gasteiger partial charge in [-0.15, -0.1) is 0 Å². The lowest BCUT2D eigenvalue weighted by atomic mass is 10.1. The van der Waals surface area contributed by atoms with E-state index >= 15 is 0 Å². The van der Waals surface area contributed by atoms with E-state index in [1.807, 2.05) is 97.1 Å². The number of carbonyl (C=O) groups is 1. The average Bonchev–Trinajstić information content (AvgIpc) is 2.75. The van der Waals surface area contributed by atoms with Crippen molar-refractivity contribution >= 4 is 11.6 Å². The van der Waals surface area contributed by atoms with E-state index in [2.05, 4.69) is 15.3 Å². The minimum Gasteiger partial charge on any atom is -0.319 e. The highest BCUT2D eigenvalue weighted by atomic mass is 16.2. The van der Waals surface area contributed by atoms with Gasteiger partial charge < -0.3 is 5.32 Å². The lowest BCUT2D eigenvalue weighted by Crippen LogP contribution is -2.16. The quantitative estimate of drug-likeness (QED) is 0.559. The van der Waals surface area contributed by atoms with Crippen LogP contribution in [0.25, 0.3) is 22.5 Å². The number of rotatable bonds is 4. The van der Waals surface area contributed by atoms with Gasteiger partial charge in [-0.05, 0) is 18.2 Å². The molecule has 1 N–H and O–H groups in total. The summed E-state index contributed by atoms with van der Waals surface area (Å²) in [6.07, 6.45) is 0. The van der Waals surface area contributed by atoms with Crippen molar-refractivity contribution in [1.29, 1.82) is 0 Å². The average molecular weight is 351 g/mol. The third-order valence-electron chi connectivity index (χ3n) is 4.10. The Morgan fingerprint density at radius 3 is 1.56 bits per heavy atom. The second-order valence-corrected chi connectivity index (χ2v) is 6.01. The zero-order chi connectivity index (χ0) is 18.5. The topological polar surface area (TPSA) is 54.9 Å². The molecule has 4 nitrogen and oxygen atoms in total. The molecule has 3 aromatic carbocycles. The third-order valence-corrected chi connectivity index (χ3v) is 4.10. The van der Waals surface area contributed by atoms with Crippen molar-refractivity contribution in [1.82, 2.24) is 9.97 Å². The smallest absolute Gasteiger partial charge is 0.293 e. The molecule has 27 heavy (non-hydrogen) atoms. The SMILES string of the molecule is O=C(Nc1ccccc1)c1nc(-c2ccccc2)cc(-c2ccccc2)n1. The van der Waals surface area contributed by atoms with E-state index in [1.165, 1.54) is 0 Å². The molecular weight excluding hydrogens is 334 g/mol. The molecule has 0 radical (unpaired) electrons. The van der Waals surface area contributed by atoms with E-state index < -0.39 is 0 Å². The van der Waals surface area contributed by atoms with Gasteiger partial charge in [-0.3, -0.25) is 4.79 Å². The number of hydrogen-bond acceptors (Lipinski definition) is 3. The molecule has 0 aliphatic heterocycles. The van der Waals surface area contributed by atoms with Gasteiger partial charge in [0.15, 0.2) is 0 Å². The maximum absolute atomic E-state index is 12.7. The molecule has 1 heterocycles. The van der Waals surface area contributed by atoms with Gasteiger partial charge in [0.05, 0.1) is 11.4 Å². The first kappa shape index (κ1) is 16.7. The monoisotopic (exact) mass is 351 g/mol. The lowest BCUT2D eigenvalue weighted by Gasteiger charge is -2.09. The van der Waals surface area contributed by atoms with Crippen molar-refractivity contribution in [3.63, 3.8) is 0 Å². The van der Waals surface area contributed by atoms with E-state index in [9.17, 15) is 4.79 Å². The summed E-state index contributed by atoms with van der Waals surface area (Å²) in [5.74, 6) is -0.199. The van der Waals surface area contributed by atoms with Crippen molar-refractivity contribution < 1.29 is 4.79 Å². The minimum atomic E-state index is -0.337. The molecule has 0 bridgehead atoms. The van der Waals surface area contributed by atoms with Crippen LogP contribution in [0.1, 0.15) is 10.6 Å². The van der Waals surface area contributed by atoms with Crippen molar-refractivity contribution in [2.75, 3.05) is 5.32 Å². The minimum absolute atomic E-state index is 0.138. The largest absolute Gasteiger partial charge is 0.319 e. The molecule has 4 rings (SSSR count). The first-order valence-corrected chi connectivity index (χ1v) is 8.66. The number of benzene rings is 3. The Balaban J connectivity index is 1.77. The van der Waals surface area contributed by atoms with Crippen molar-refractivity contribution in [3.8, 4) is 22.5 Å². The van der Waals surface area contributed by atoms with Gasteiger partial charge in [0.2, 0.25) is 5.82 Å². The molecular formula is C23H17N3O. The van der Waals surface area contributed by atoms with Crippen LogP contribution in [0.5, 0.6) is 0 Å². The molecule has 0 unspecified atom stereocenters. The number of amides is 1. The second-order valence-electron chi connectivity index (χ2n) is 6.01. The lowest BCUT2D eigenvalue weighted by molar-refractivity contribution is 0.101. The van der Waals surface area contributed by atoms with Crippen LogP contribution >= 0.6 is 0 Å². The van der Waals surface area contributed by atoms with Crippen LogP contribution in [0.15, 0.2) is 97.1 Å². The molecule has 0 aliphatic rings. The van der Waals surface area contributed by atoms with Gasteiger partial charge in [-0.1, -0.05) is 78.9 Å². The number of aromatic nitrogens is 2. The van der Waals surface area contributed by atoms with E-state index in [1.54, 1.807) is 0 Å². The van der Waals surface area contributed by atoms with E-state index in [0.717, 1.165) is 11.1 Å². The van der Waals surface area contributed by atoms with Gasteiger partial charge >= 0.3 is 0 Å². The number of para-hydroxylation sites is 1. The Kier molecular flexibility index (Phi) is 4.70. The maximum Gasteiger partial charge on any atom is 0.293 e. The summed E-state index contributed by atoms with van der Waals surface area (Å²) >= 11 is 0. The van der Waals surface area contributed by atoms with Gasteiger partial charge in [-0.25, -0.2) is 9.97 Å². The molecule has 4 aromatic rings. The van der Waals surface area contributed by atoms with Crippen LogP contribution < -0.4 is 5.32 Å². The number of anilines is 1. The van der Waals surface area contributed by atoms with E-state index in [0.29, 0.717) is 17.1 Å². The molecule has 0 spiro atoms. The highest BCUT2D eigenvalue weighted by Crippen LogP contribution is 2.24. The molecule has 0 fully saturated rings. The molecule has 4 heteroatoms. The Morgan fingerprint density at radius 2 is 1.07 bits per heavy atom. The fraction of sp³-hybridized carbons (Fsp3) is 0. The van der Waals surface area contributed by atoms with E-state index in [-0.39, 0.29) is 11.7 Å². The highest BCUT2D eigenvalue weighted by molar-refractivity contribution is 6.02. The molecule has 1 amide bonds. The predicted octanol–water partition coefficient (Wildman–Crippen LogP) is 5.06. The Labute approximate surface area is 157 Å². The van der Waals surface area contributed by atoms with E-state index in [4.69, 9.17) is 0 Å². The van der Waals surface area contributed by atoms with Crippen LogP contribution in [0.4, 0.5) is 5.69 Å². The van der Waals surface area contributed by atoms with Crippen molar-refractivity contribution in [2.45, 2.75) is 0 Å². The van der Waals surface area contributed by atoms with Crippen molar-refractivity contribution in [2.24, 2.45) is 0 Å². The zero-order valence-electron chi connectivity index (χ0n) is 14.5. The summed E-state index contributed by atoms with van der Waals surface area (Å²) in [7, 11) is 0. The third kappa shape index (κ3) is 3.90. The Morgan fingerprint density at radius 1 is 0.630 bits per heavy atom. The fourth-order valence-electron chi connectivity index (χ4n) is 2.77. The maximum atomic E-state index is 12.7. The summed E-state index contributed by atoms with van der Waals surface area (Å²) in [6, 6.07) is 30.8. The molecule has 0 saturated heterocycles. The Hall–Kier alpha value is -3.79. The number of carbonyl (C=O) groups excluding carboxylic acids is 1. The Bertz CT molecular complexity index is 991.